The van der Waals surface area contributed by atoms with Gasteiger partial charge in [0.2, 0.25) is 0 Å². The van der Waals surface area contributed by atoms with E-state index in [1.54, 1.807) is 18.2 Å². The number of nitrogens with zero attached hydrogens (tertiary/aromatic N) is 3. The van der Waals surface area contributed by atoms with Crippen LogP contribution >= 0.6 is 0 Å². The van der Waals surface area contributed by atoms with Gasteiger partial charge in [0.25, 0.3) is 5.91 Å². The lowest BCUT2D eigenvalue weighted by molar-refractivity contribution is -0.143. The van der Waals surface area contributed by atoms with Crippen LogP contribution in [-0.2, 0) is 25.2 Å². The summed E-state index contributed by atoms with van der Waals surface area (Å²) in [6.07, 6.45) is -9.63. The summed E-state index contributed by atoms with van der Waals surface area (Å²) in [4.78, 5) is 15.3. The van der Waals surface area contributed by atoms with Gasteiger partial charge in [-0.3, -0.25) is 4.79 Å². The fourth-order valence-electron chi connectivity index (χ4n) is 3.37. The van der Waals surface area contributed by atoms with Crippen LogP contribution in [0.3, 0.4) is 0 Å². The van der Waals surface area contributed by atoms with Crippen molar-refractivity contribution < 1.29 is 31.1 Å². The highest BCUT2D eigenvalue weighted by atomic mass is 19.4. The molecule has 0 saturated carbocycles. The van der Waals surface area contributed by atoms with Gasteiger partial charge in [-0.05, 0) is 47.7 Å². The molecule has 0 heterocycles. The quantitative estimate of drug-likeness (QED) is 0.306. The van der Waals surface area contributed by atoms with E-state index < -0.39 is 47.0 Å². The van der Waals surface area contributed by atoms with Crippen LogP contribution in [0.15, 0.2) is 47.6 Å². The van der Waals surface area contributed by atoms with Gasteiger partial charge in [0.1, 0.15) is 0 Å². The summed E-state index contributed by atoms with van der Waals surface area (Å²) in [5.74, 6) is -1.12. The lowest BCUT2D eigenvalue weighted by atomic mass is 9.85. The number of alkyl halides is 6. The van der Waals surface area contributed by atoms with Crippen LogP contribution in [0.2, 0.25) is 0 Å². The summed E-state index contributed by atoms with van der Waals surface area (Å²) in [7, 11) is 0. The number of hydrogen-bond acceptors (Lipinski definition) is 2. The Bertz CT molecular complexity index is 979. The average molecular weight is 428 g/mol. The average Bonchev–Trinajstić information content (AvgIpc) is 2.67. The summed E-state index contributed by atoms with van der Waals surface area (Å²) in [5, 5.41) is 6.06. The Morgan fingerprint density at radius 3 is 2.00 bits per heavy atom. The molecule has 30 heavy (non-hydrogen) atoms. The van der Waals surface area contributed by atoms with Crippen molar-refractivity contribution in [2.45, 2.75) is 37.3 Å². The predicted octanol–water partition coefficient (Wildman–Crippen LogP) is 5.30. The minimum atomic E-state index is -5.06. The molecule has 2 unspecified atom stereocenters. The lowest BCUT2D eigenvalue weighted by Crippen LogP contribution is -2.47. The fraction of sp³-hybridized carbons (Fsp3) is 0.316. The molecule has 0 aliphatic heterocycles. The second-order valence-electron chi connectivity index (χ2n) is 6.82. The standard InChI is InChI=1S/C19H14F6N4O/c20-18(21,22)13-5-12(6-14(9-13)19(23,24)25)17(30)27-15-7-10-3-1-2-4-11(10)8-16(15)28-29-26/h1-6,9,15-16H,7-8H2,(H,27,30). The van der Waals surface area contributed by atoms with Gasteiger partial charge in [-0.25, -0.2) is 0 Å². The zero-order chi connectivity index (χ0) is 22.1. The minimum absolute atomic E-state index is 0.0452. The van der Waals surface area contributed by atoms with Crippen molar-refractivity contribution in [3.8, 4) is 0 Å². The van der Waals surface area contributed by atoms with Crippen molar-refractivity contribution in [3.63, 3.8) is 0 Å². The van der Waals surface area contributed by atoms with E-state index >= 15 is 0 Å². The number of nitrogens with one attached hydrogen (secondary N) is 1. The Morgan fingerprint density at radius 1 is 0.967 bits per heavy atom. The van der Waals surface area contributed by atoms with E-state index in [1.807, 2.05) is 6.07 Å². The van der Waals surface area contributed by atoms with Crippen LogP contribution < -0.4 is 5.32 Å². The van der Waals surface area contributed by atoms with E-state index in [9.17, 15) is 31.1 Å². The third-order valence-electron chi connectivity index (χ3n) is 4.82. The summed E-state index contributed by atoms with van der Waals surface area (Å²) in [5.41, 5.74) is 6.57. The molecule has 0 aromatic heterocycles. The molecular weight excluding hydrogens is 414 g/mol. The SMILES string of the molecule is [N-]=[N+]=NC1Cc2ccccc2CC1NC(=O)c1cc(C(F)(F)F)cc(C(F)(F)F)c1. The van der Waals surface area contributed by atoms with Gasteiger partial charge in [-0.1, -0.05) is 29.4 Å². The smallest absolute Gasteiger partial charge is 0.349 e. The summed E-state index contributed by atoms with van der Waals surface area (Å²) < 4.78 is 78.2. The van der Waals surface area contributed by atoms with Crippen molar-refractivity contribution >= 4 is 5.91 Å². The van der Waals surface area contributed by atoms with E-state index in [4.69, 9.17) is 5.53 Å². The molecule has 2 aromatic carbocycles. The molecule has 2 aromatic rings. The molecule has 0 fully saturated rings. The van der Waals surface area contributed by atoms with Gasteiger partial charge in [-0.2, -0.15) is 26.3 Å². The van der Waals surface area contributed by atoms with Crippen LogP contribution in [-0.4, -0.2) is 18.0 Å². The molecule has 5 nitrogen and oxygen atoms in total. The van der Waals surface area contributed by atoms with E-state index in [2.05, 4.69) is 15.3 Å². The first kappa shape index (κ1) is 21.5. The van der Waals surface area contributed by atoms with Crippen LogP contribution in [0.1, 0.15) is 32.6 Å². The molecule has 1 N–H and O–H groups in total. The Labute approximate surface area is 166 Å². The highest BCUT2D eigenvalue weighted by Gasteiger charge is 2.38. The van der Waals surface area contributed by atoms with Crippen molar-refractivity contribution in [1.82, 2.24) is 5.32 Å². The van der Waals surface area contributed by atoms with Gasteiger partial charge in [-0.15, -0.1) is 0 Å². The zero-order valence-electron chi connectivity index (χ0n) is 15.1. The molecule has 158 valence electrons. The van der Waals surface area contributed by atoms with Crippen LogP contribution in [0, 0.1) is 0 Å². The van der Waals surface area contributed by atoms with E-state index in [-0.39, 0.29) is 18.9 Å². The maximum atomic E-state index is 13.0. The summed E-state index contributed by atoms with van der Waals surface area (Å²) in [6.45, 7) is 0. The molecule has 1 aliphatic rings. The fourth-order valence-corrected chi connectivity index (χ4v) is 3.37. The van der Waals surface area contributed by atoms with Crippen molar-refractivity contribution in [3.05, 3.63) is 80.7 Å². The number of rotatable bonds is 3. The molecule has 2 atom stereocenters. The topological polar surface area (TPSA) is 77.9 Å². The third kappa shape index (κ3) is 4.68. The number of fused-ring (bicyclic) bond motifs is 1. The molecular formula is C19H14F6N4O. The monoisotopic (exact) mass is 428 g/mol. The second kappa shape index (κ2) is 7.91. The molecule has 1 aliphatic carbocycles. The van der Waals surface area contributed by atoms with Gasteiger partial charge in [0.05, 0.1) is 17.2 Å². The van der Waals surface area contributed by atoms with Crippen LogP contribution in [0.5, 0.6) is 0 Å². The highest BCUT2D eigenvalue weighted by Crippen LogP contribution is 2.36. The van der Waals surface area contributed by atoms with Crippen molar-refractivity contribution in [2.75, 3.05) is 0 Å². The van der Waals surface area contributed by atoms with E-state index in [0.29, 0.717) is 12.1 Å². The maximum Gasteiger partial charge on any atom is 0.416 e. The first-order valence-corrected chi connectivity index (χ1v) is 8.70. The lowest BCUT2D eigenvalue weighted by Gasteiger charge is -2.31. The molecule has 0 spiro atoms. The Kier molecular flexibility index (Phi) is 5.67. The van der Waals surface area contributed by atoms with E-state index in [0.717, 1.165) is 11.1 Å². The maximum absolute atomic E-state index is 13.0. The predicted molar refractivity (Wildman–Crippen MR) is 94.5 cm³/mol. The van der Waals surface area contributed by atoms with Crippen LogP contribution in [0.25, 0.3) is 10.4 Å². The first-order chi connectivity index (χ1) is 14.0. The van der Waals surface area contributed by atoms with Gasteiger partial charge in [0.15, 0.2) is 0 Å². The number of benzene rings is 2. The Balaban J connectivity index is 1.93. The second-order valence-corrected chi connectivity index (χ2v) is 6.82. The Hall–Kier alpha value is -3.20. The third-order valence-corrected chi connectivity index (χ3v) is 4.82. The summed E-state index contributed by atoms with van der Waals surface area (Å²) in [6, 6.07) is 6.31. The Morgan fingerprint density at radius 2 is 1.50 bits per heavy atom. The first-order valence-electron chi connectivity index (χ1n) is 8.70. The van der Waals surface area contributed by atoms with Gasteiger partial charge < -0.3 is 5.32 Å². The number of halogens is 6. The molecule has 1 amide bonds. The van der Waals surface area contributed by atoms with Gasteiger partial charge in [0, 0.05) is 16.5 Å². The molecule has 0 saturated heterocycles. The van der Waals surface area contributed by atoms with Crippen LogP contribution in [0.4, 0.5) is 26.3 Å². The molecule has 0 radical (unpaired) electrons. The highest BCUT2D eigenvalue weighted by molar-refractivity contribution is 5.95. The largest absolute Gasteiger partial charge is 0.416 e. The normalized spacial score (nSPS) is 18.9. The molecule has 11 heteroatoms. The number of carbonyl (C=O) groups is 1. The number of azide groups is 1. The number of amides is 1. The van der Waals surface area contributed by atoms with Gasteiger partial charge >= 0.3 is 12.4 Å². The number of carbonyl (C=O) groups excluding carboxylic acids is 1. The zero-order valence-corrected chi connectivity index (χ0v) is 15.1. The molecule has 3 rings (SSSR count). The summed E-state index contributed by atoms with van der Waals surface area (Å²) >= 11 is 0. The molecule has 0 bridgehead atoms. The van der Waals surface area contributed by atoms with E-state index in [1.165, 1.54) is 0 Å². The number of hydrogen-bond donors (Lipinski definition) is 1. The van der Waals surface area contributed by atoms with Crippen molar-refractivity contribution in [2.24, 2.45) is 5.11 Å². The minimum Gasteiger partial charge on any atom is -0.349 e. The van der Waals surface area contributed by atoms with Crippen molar-refractivity contribution in [1.29, 1.82) is 0 Å².